The molecule has 7 heteroatoms. The Morgan fingerprint density at radius 3 is 2.41 bits per heavy atom. The highest BCUT2D eigenvalue weighted by molar-refractivity contribution is 7.92. The summed E-state index contributed by atoms with van der Waals surface area (Å²) < 4.78 is 29.6. The van der Waals surface area contributed by atoms with Crippen LogP contribution in [-0.4, -0.2) is 32.0 Å². The summed E-state index contributed by atoms with van der Waals surface area (Å²) in [4.78, 5) is 12.2. The summed E-state index contributed by atoms with van der Waals surface area (Å²) in [5.74, 6) is -1.64. The van der Waals surface area contributed by atoms with Crippen LogP contribution in [0.15, 0.2) is 24.3 Å². The van der Waals surface area contributed by atoms with Crippen LogP contribution in [0.1, 0.15) is 25.3 Å². The summed E-state index contributed by atoms with van der Waals surface area (Å²) in [6, 6.07) is 8.41. The van der Waals surface area contributed by atoms with Crippen LogP contribution >= 0.6 is 11.6 Å². The number of ether oxygens (including phenoxy) is 1. The lowest BCUT2D eigenvalue weighted by molar-refractivity contribution is -0.147. The average Bonchev–Trinajstić information content (AvgIpc) is 3.20. The zero-order valence-electron chi connectivity index (χ0n) is 12.2. The number of carbonyl (C=O) groups excluding carboxylic acids is 1. The topological polar surface area (TPSA) is 84.2 Å². The highest BCUT2D eigenvalue weighted by Gasteiger charge is 2.77. The molecule has 0 spiro atoms. The van der Waals surface area contributed by atoms with Gasteiger partial charge in [-0.2, -0.15) is 5.26 Å². The van der Waals surface area contributed by atoms with E-state index in [4.69, 9.17) is 16.3 Å². The van der Waals surface area contributed by atoms with Crippen LogP contribution < -0.4 is 0 Å². The van der Waals surface area contributed by atoms with E-state index in [9.17, 15) is 18.5 Å². The number of benzene rings is 1. The van der Waals surface area contributed by atoms with E-state index in [2.05, 4.69) is 0 Å². The molecule has 0 radical (unpaired) electrons. The monoisotopic (exact) mass is 341 g/mol. The van der Waals surface area contributed by atoms with Crippen LogP contribution in [0.4, 0.5) is 0 Å². The Kier molecular flexibility index (Phi) is 4.50. The smallest absolute Gasteiger partial charge is 0.328 e. The first kappa shape index (κ1) is 16.8. The first-order valence-corrected chi connectivity index (χ1v) is 9.00. The summed E-state index contributed by atoms with van der Waals surface area (Å²) in [5, 5.41) is 8.95. The van der Waals surface area contributed by atoms with Gasteiger partial charge in [0.2, 0.25) is 0 Å². The maximum Gasteiger partial charge on any atom is 0.328 e. The van der Waals surface area contributed by atoms with E-state index in [0.29, 0.717) is 10.6 Å². The molecule has 0 amide bonds. The van der Waals surface area contributed by atoms with Gasteiger partial charge in [-0.25, -0.2) is 8.42 Å². The van der Waals surface area contributed by atoms with Crippen LogP contribution in [0.3, 0.4) is 0 Å². The van der Waals surface area contributed by atoms with Crippen molar-refractivity contribution in [2.75, 3.05) is 12.4 Å². The van der Waals surface area contributed by atoms with Crippen LogP contribution in [0.25, 0.3) is 0 Å². The fourth-order valence-electron chi connectivity index (χ4n) is 2.81. The second-order valence-corrected chi connectivity index (χ2v) is 7.95. The largest absolute Gasteiger partial charge is 0.465 e. The predicted octanol–water partition coefficient (Wildman–Crippen LogP) is 2.31. The minimum Gasteiger partial charge on any atom is -0.465 e. The molecule has 0 N–H and O–H groups in total. The van der Waals surface area contributed by atoms with E-state index in [-0.39, 0.29) is 12.4 Å². The lowest BCUT2D eigenvalue weighted by Gasteiger charge is -2.08. The lowest BCUT2D eigenvalue weighted by atomic mass is 10.0. The third-order valence-corrected chi connectivity index (χ3v) is 6.42. The van der Waals surface area contributed by atoms with Gasteiger partial charge in [0.05, 0.1) is 12.7 Å². The van der Waals surface area contributed by atoms with Crippen molar-refractivity contribution in [3.63, 3.8) is 0 Å². The van der Waals surface area contributed by atoms with Gasteiger partial charge in [-0.1, -0.05) is 30.7 Å². The van der Waals surface area contributed by atoms with Gasteiger partial charge in [-0.3, -0.25) is 4.79 Å². The Bertz CT molecular complexity index is 723. The molecule has 0 saturated heterocycles. The number of sulfone groups is 1. The summed E-state index contributed by atoms with van der Waals surface area (Å²) in [6.07, 6.45) is 0. The molecule has 1 aromatic carbocycles. The van der Waals surface area contributed by atoms with Gasteiger partial charge < -0.3 is 4.74 Å². The van der Waals surface area contributed by atoms with E-state index in [0.717, 1.165) is 0 Å². The van der Waals surface area contributed by atoms with E-state index >= 15 is 0 Å². The molecule has 2 rings (SSSR count). The quantitative estimate of drug-likeness (QED) is 0.767. The van der Waals surface area contributed by atoms with E-state index in [1.165, 1.54) is 6.92 Å². The number of carbonyl (C=O) groups is 1. The fourth-order valence-corrected chi connectivity index (χ4v) is 4.86. The third kappa shape index (κ3) is 2.49. The maximum absolute atomic E-state index is 12.3. The number of nitrogens with zero attached hydrogens (tertiary/aromatic N) is 1. The second-order valence-electron chi connectivity index (χ2n) is 5.10. The number of halogens is 1. The fraction of sp³-hybridized carbons (Fsp3) is 0.467. The minimum absolute atomic E-state index is 0.0918. The van der Waals surface area contributed by atoms with Gasteiger partial charge in [0.1, 0.15) is 5.25 Å². The summed E-state index contributed by atoms with van der Waals surface area (Å²) in [7, 11) is -3.57. The van der Waals surface area contributed by atoms with Crippen molar-refractivity contribution in [1.82, 2.24) is 0 Å². The first-order valence-electron chi connectivity index (χ1n) is 6.90. The van der Waals surface area contributed by atoms with Gasteiger partial charge in [-0.05, 0) is 24.6 Å². The highest BCUT2D eigenvalue weighted by Crippen LogP contribution is 2.63. The molecule has 0 aliphatic heterocycles. The number of hydrogen-bond acceptors (Lipinski definition) is 5. The van der Waals surface area contributed by atoms with E-state index < -0.39 is 32.4 Å². The molecule has 0 bridgehead atoms. The molecule has 1 saturated carbocycles. The SMILES string of the molecule is CCOC(=O)[C@@]1(C#N)[C@H](c2ccc(Cl)cc2)[C@@H]1S(=O)(=O)CC. The van der Waals surface area contributed by atoms with E-state index in [1.807, 2.05) is 6.07 Å². The van der Waals surface area contributed by atoms with Crippen molar-refractivity contribution in [2.45, 2.75) is 25.0 Å². The number of hydrogen-bond donors (Lipinski definition) is 0. The molecular formula is C15H16ClNO4S. The Morgan fingerprint density at radius 2 is 1.95 bits per heavy atom. The van der Waals surface area contributed by atoms with Crippen LogP contribution in [0, 0.1) is 16.7 Å². The van der Waals surface area contributed by atoms with Crippen molar-refractivity contribution in [1.29, 1.82) is 5.26 Å². The van der Waals surface area contributed by atoms with Crippen molar-refractivity contribution in [3.05, 3.63) is 34.9 Å². The standard InChI is InChI=1S/C15H16ClNO4S/c1-3-21-14(18)15(9-17)12(13(15)22(19,20)4-2)10-5-7-11(16)8-6-10/h5-8,12-13H,3-4H2,1-2H3/t12-,13+,15+/m1/s1. The minimum atomic E-state index is -3.57. The molecule has 1 aliphatic rings. The molecule has 0 heterocycles. The van der Waals surface area contributed by atoms with Gasteiger partial charge in [-0.15, -0.1) is 0 Å². The van der Waals surface area contributed by atoms with Gasteiger partial charge in [0.25, 0.3) is 0 Å². The van der Waals surface area contributed by atoms with Crippen molar-refractivity contribution in [2.24, 2.45) is 5.41 Å². The third-order valence-electron chi connectivity index (χ3n) is 3.95. The first-order chi connectivity index (χ1) is 10.3. The molecule has 118 valence electrons. The zero-order chi connectivity index (χ0) is 16.5. The average molecular weight is 342 g/mol. The zero-order valence-corrected chi connectivity index (χ0v) is 13.8. The number of esters is 1. The van der Waals surface area contributed by atoms with Gasteiger partial charge in [0, 0.05) is 16.7 Å². The molecule has 1 fully saturated rings. The van der Waals surface area contributed by atoms with Crippen molar-refractivity contribution < 1.29 is 17.9 Å². The number of nitriles is 1. The lowest BCUT2D eigenvalue weighted by Crippen LogP contribution is -2.26. The van der Waals surface area contributed by atoms with Gasteiger partial charge in [0.15, 0.2) is 15.3 Å². The molecule has 0 aromatic heterocycles. The van der Waals surface area contributed by atoms with Crippen LogP contribution in [0.2, 0.25) is 5.02 Å². The highest BCUT2D eigenvalue weighted by atomic mass is 35.5. The second kappa shape index (κ2) is 5.90. The normalized spacial score (nSPS) is 27.0. The van der Waals surface area contributed by atoms with Crippen LogP contribution in [-0.2, 0) is 19.4 Å². The summed E-state index contributed by atoms with van der Waals surface area (Å²) >= 11 is 5.83. The van der Waals surface area contributed by atoms with Crippen LogP contribution in [0.5, 0.6) is 0 Å². The summed E-state index contributed by atoms with van der Waals surface area (Å²) in [5.41, 5.74) is -1.07. The molecule has 0 unspecified atom stereocenters. The Labute approximate surface area is 134 Å². The molecule has 1 aliphatic carbocycles. The van der Waals surface area contributed by atoms with E-state index in [1.54, 1.807) is 31.2 Å². The molecular weight excluding hydrogens is 326 g/mol. The summed E-state index contributed by atoms with van der Waals surface area (Å²) in [6.45, 7) is 3.21. The molecule has 5 nitrogen and oxygen atoms in total. The molecule has 3 atom stereocenters. The Morgan fingerprint density at radius 1 is 1.36 bits per heavy atom. The predicted molar refractivity (Wildman–Crippen MR) is 82.1 cm³/mol. The maximum atomic E-state index is 12.3. The van der Waals surface area contributed by atoms with Crippen molar-refractivity contribution in [3.8, 4) is 6.07 Å². The van der Waals surface area contributed by atoms with Gasteiger partial charge >= 0.3 is 5.97 Å². The molecule has 1 aromatic rings. The Hall–Kier alpha value is -1.58. The number of rotatable bonds is 5. The molecule has 22 heavy (non-hydrogen) atoms. The van der Waals surface area contributed by atoms with Crippen molar-refractivity contribution >= 4 is 27.4 Å². The Balaban J connectivity index is 2.52.